The highest BCUT2D eigenvalue weighted by atomic mass is 15.2. The van der Waals surface area contributed by atoms with Crippen molar-refractivity contribution in [2.45, 2.75) is 78.1 Å². The largest absolute Gasteiger partial charge is 0.263 e. The molecule has 0 unspecified atom stereocenters. The maximum absolute atomic E-state index is 4.79. The maximum Gasteiger partial charge on any atom is 0.181 e. The van der Waals surface area contributed by atoms with Gasteiger partial charge in [0.05, 0.1) is 0 Å². The van der Waals surface area contributed by atoms with E-state index in [4.69, 9.17) is 4.98 Å². The second kappa shape index (κ2) is 5.68. The van der Waals surface area contributed by atoms with E-state index in [1.165, 1.54) is 53.5 Å². The van der Waals surface area contributed by atoms with E-state index >= 15 is 0 Å². The summed E-state index contributed by atoms with van der Waals surface area (Å²) in [6, 6.07) is 14.0. The van der Waals surface area contributed by atoms with E-state index in [0.717, 1.165) is 11.6 Å². The Kier molecular flexibility index (Phi) is 3.53. The quantitative estimate of drug-likeness (QED) is 0.474. The number of rotatable bonds is 1. The summed E-state index contributed by atoms with van der Waals surface area (Å²) in [5, 5.41) is 7.71. The zero-order valence-electron chi connectivity index (χ0n) is 19.7. The lowest BCUT2D eigenvalue weighted by Crippen LogP contribution is -2.44. The number of hydrogen-bond donors (Lipinski definition) is 1. The predicted octanol–water partition coefficient (Wildman–Crippen LogP) is 6.88. The Morgan fingerprint density at radius 3 is 2.06 bits per heavy atom. The number of aromatic amines is 1. The van der Waals surface area contributed by atoms with Crippen molar-refractivity contribution in [3.05, 3.63) is 58.9 Å². The van der Waals surface area contributed by atoms with Crippen LogP contribution < -0.4 is 0 Å². The van der Waals surface area contributed by atoms with Crippen LogP contribution in [-0.2, 0) is 10.8 Å². The van der Waals surface area contributed by atoms with Crippen LogP contribution in [0.5, 0.6) is 0 Å². The molecule has 6 rings (SSSR count). The monoisotopic (exact) mass is 411 g/mol. The van der Waals surface area contributed by atoms with Crippen molar-refractivity contribution >= 4 is 0 Å². The smallest absolute Gasteiger partial charge is 0.181 e. The summed E-state index contributed by atoms with van der Waals surface area (Å²) in [6.45, 7) is 14.2. The third-order valence-corrected chi connectivity index (χ3v) is 8.40. The van der Waals surface area contributed by atoms with Crippen molar-refractivity contribution in [3.63, 3.8) is 0 Å². The lowest BCUT2D eigenvalue weighted by atomic mass is 9.54. The second-order valence-corrected chi connectivity index (χ2v) is 12.2. The first-order valence-corrected chi connectivity index (χ1v) is 11.7. The van der Waals surface area contributed by atoms with Gasteiger partial charge in [-0.1, -0.05) is 69.7 Å². The summed E-state index contributed by atoms with van der Waals surface area (Å²) < 4.78 is 0. The van der Waals surface area contributed by atoms with Crippen LogP contribution in [0.3, 0.4) is 0 Å². The first kappa shape index (κ1) is 19.3. The Hall–Kier alpha value is -2.42. The molecule has 0 aliphatic heterocycles. The molecule has 160 valence electrons. The molecule has 2 saturated carbocycles. The molecular formula is C28H33N3. The highest BCUT2D eigenvalue weighted by Gasteiger charge is 2.70. The summed E-state index contributed by atoms with van der Waals surface area (Å²) in [6.07, 6.45) is 4.95. The number of nitrogens with one attached hydrogen (secondary N) is 1. The van der Waals surface area contributed by atoms with Crippen molar-refractivity contribution < 1.29 is 0 Å². The molecule has 0 amide bonds. The molecule has 0 saturated heterocycles. The molecule has 2 fully saturated rings. The number of H-pyrrole nitrogens is 1. The van der Waals surface area contributed by atoms with Gasteiger partial charge in [-0.2, -0.15) is 5.10 Å². The summed E-state index contributed by atoms with van der Waals surface area (Å²) >= 11 is 0. The average molecular weight is 412 g/mol. The SMILES string of the molecule is Cc1ccc2c(c1)C13CC(C)(C)CC1(CC(C)(C)C3)c1c(-c3n[nH]c(C)n3)cccc1-2. The van der Waals surface area contributed by atoms with Crippen LogP contribution >= 0.6 is 0 Å². The minimum atomic E-state index is 0.126. The molecule has 31 heavy (non-hydrogen) atoms. The number of fused-ring (bicyclic) bond motifs is 3. The van der Waals surface area contributed by atoms with Crippen molar-refractivity contribution in [3.8, 4) is 22.5 Å². The van der Waals surface area contributed by atoms with Gasteiger partial charge in [-0.3, -0.25) is 5.10 Å². The minimum Gasteiger partial charge on any atom is -0.263 e. The summed E-state index contributed by atoms with van der Waals surface area (Å²) in [4.78, 5) is 4.79. The zero-order chi connectivity index (χ0) is 21.8. The number of hydrogen-bond acceptors (Lipinski definition) is 2. The van der Waals surface area contributed by atoms with Crippen molar-refractivity contribution in [1.82, 2.24) is 15.2 Å². The van der Waals surface area contributed by atoms with Gasteiger partial charge in [0.1, 0.15) is 5.82 Å². The lowest BCUT2D eigenvalue weighted by molar-refractivity contribution is 0.265. The highest BCUT2D eigenvalue weighted by Crippen LogP contribution is 2.76. The third-order valence-electron chi connectivity index (χ3n) is 8.40. The molecule has 0 radical (unpaired) electrons. The molecule has 0 atom stereocenters. The zero-order valence-corrected chi connectivity index (χ0v) is 19.7. The maximum atomic E-state index is 4.79. The molecule has 1 aromatic heterocycles. The van der Waals surface area contributed by atoms with E-state index in [2.05, 4.69) is 81.2 Å². The van der Waals surface area contributed by atoms with Crippen molar-refractivity contribution in [2.24, 2.45) is 10.8 Å². The number of benzene rings is 2. The van der Waals surface area contributed by atoms with Gasteiger partial charge in [-0.25, -0.2) is 4.98 Å². The lowest BCUT2D eigenvalue weighted by Gasteiger charge is -2.48. The first-order chi connectivity index (χ1) is 14.6. The van der Waals surface area contributed by atoms with Gasteiger partial charge >= 0.3 is 0 Å². The number of nitrogens with zero attached hydrogens (tertiary/aromatic N) is 2. The molecule has 3 aromatic rings. The molecule has 2 aromatic carbocycles. The van der Waals surface area contributed by atoms with Crippen LogP contribution in [0, 0.1) is 24.7 Å². The van der Waals surface area contributed by atoms with Crippen LogP contribution in [-0.4, -0.2) is 15.2 Å². The van der Waals surface area contributed by atoms with Crippen molar-refractivity contribution in [2.75, 3.05) is 0 Å². The fourth-order valence-corrected chi connectivity index (χ4v) is 8.29. The van der Waals surface area contributed by atoms with Crippen LogP contribution in [0.25, 0.3) is 22.5 Å². The molecule has 0 spiro atoms. The van der Waals surface area contributed by atoms with Crippen LogP contribution in [0.1, 0.15) is 75.9 Å². The van der Waals surface area contributed by atoms with Crippen LogP contribution in [0.2, 0.25) is 0 Å². The topological polar surface area (TPSA) is 41.6 Å². The standard InChI is InChI=1S/C28H33N3/c1-17-10-11-19-20-8-7-9-21(24-29-18(2)30-31-24)23(20)28-15-25(3,4)13-27(28,22(19)12-17)14-26(5,6)16-28/h7-12H,13-16H2,1-6H3,(H,29,30,31). The Morgan fingerprint density at radius 2 is 1.42 bits per heavy atom. The normalized spacial score (nSPS) is 29.2. The highest BCUT2D eigenvalue weighted by molar-refractivity contribution is 5.85. The summed E-state index contributed by atoms with van der Waals surface area (Å²) in [5.41, 5.74) is 9.47. The minimum absolute atomic E-state index is 0.126. The number of aryl methyl sites for hydroxylation is 2. The van der Waals surface area contributed by atoms with E-state index in [1.807, 2.05) is 6.92 Å². The Balaban J connectivity index is 1.78. The van der Waals surface area contributed by atoms with E-state index in [1.54, 1.807) is 5.56 Å². The Labute approximate surface area is 185 Å². The van der Waals surface area contributed by atoms with Gasteiger partial charge in [-0.15, -0.1) is 0 Å². The van der Waals surface area contributed by atoms with Gasteiger partial charge in [-0.05, 0) is 72.6 Å². The van der Waals surface area contributed by atoms with E-state index in [9.17, 15) is 0 Å². The summed E-state index contributed by atoms with van der Waals surface area (Å²) in [5.74, 6) is 1.73. The fraction of sp³-hybridized carbons (Fsp3) is 0.500. The third kappa shape index (κ3) is 2.41. The van der Waals surface area contributed by atoms with Gasteiger partial charge in [0.25, 0.3) is 0 Å². The van der Waals surface area contributed by atoms with Gasteiger partial charge in [0, 0.05) is 16.4 Å². The summed E-state index contributed by atoms with van der Waals surface area (Å²) in [7, 11) is 0. The second-order valence-electron chi connectivity index (χ2n) is 12.2. The van der Waals surface area contributed by atoms with Crippen LogP contribution in [0.4, 0.5) is 0 Å². The number of aromatic nitrogens is 3. The van der Waals surface area contributed by atoms with Gasteiger partial charge in [0.2, 0.25) is 0 Å². The first-order valence-electron chi connectivity index (χ1n) is 11.7. The average Bonchev–Trinajstić information content (AvgIpc) is 3.26. The molecule has 1 N–H and O–H groups in total. The van der Waals surface area contributed by atoms with E-state index in [0.29, 0.717) is 10.8 Å². The van der Waals surface area contributed by atoms with Crippen LogP contribution in [0.15, 0.2) is 36.4 Å². The predicted molar refractivity (Wildman–Crippen MR) is 126 cm³/mol. The van der Waals surface area contributed by atoms with E-state index < -0.39 is 0 Å². The molecule has 3 heteroatoms. The molecule has 0 bridgehead atoms. The molecule has 1 heterocycles. The van der Waals surface area contributed by atoms with E-state index in [-0.39, 0.29) is 10.8 Å². The molecule has 3 aliphatic rings. The van der Waals surface area contributed by atoms with Gasteiger partial charge < -0.3 is 0 Å². The Bertz CT molecular complexity index is 1210. The van der Waals surface area contributed by atoms with Crippen molar-refractivity contribution in [1.29, 1.82) is 0 Å². The fourth-order valence-electron chi connectivity index (χ4n) is 8.29. The molecule has 3 nitrogen and oxygen atoms in total. The van der Waals surface area contributed by atoms with Gasteiger partial charge in [0.15, 0.2) is 5.82 Å². The molecule has 3 aliphatic carbocycles. The molecular weight excluding hydrogens is 378 g/mol. The Morgan fingerprint density at radius 1 is 0.774 bits per heavy atom.